The number of hydrogen-bond donors (Lipinski definition) is 0. The van der Waals surface area contributed by atoms with Crippen molar-refractivity contribution in [3.63, 3.8) is 0 Å². The molecule has 0 unspecified atom stereocenters. The summed E-state index contributed by atoms with van der Waals surface area (Å²) in [7, 11) is 1.42. The maximum atomic E-state index is 10.8. The van der Waals surface area contributed by atoms with Crippen molar-refractivity contribution in [2.45, 2.75) is 0 Å². The molecule has 1 aromatic heterocycles. The van der Waals surface area contributed by atoms with Crippen molar-refractivity contribution in [2.24, 2.45) is 0 Å². The van der Waals surface area contributed by atoms with E-state index in [0.29, 0.717) is 11.1 Å². The third-order valence-corrected chi connectivity index (χ3v) is 2.38. The van der Waals surface area contributed by atoms with Gasteiger partial charge in [-0.15, -0.1) is 0 Å². The van der Waals surface area contributed by atoms with Crippen molar-refractivity contribution in [1.82, 2.24) is 9.97 Å². The third kappa shape index (κ3) is 1.63. The standard InChI is InChI=1S/C9H6ClN3O3/c1-16-5-2-6-8(7(3-5)13(14)15)11-4-12-9(6)10/h2-4H,1H3. The summed E-state index contributed by atoms with van der Waals surface area (Å²) in [6, 6.07) is 2.86. The summed E-state index contributed by atoms with van der Waals surface area (Å²) in [5.74, 6) is 0.343. The van der Waals surface area contributed by atoms with Crippen LogP contribution in [0.15, 0.2) is 18.5 Å². The van der Waals surface area contributed by atoms with Gasteiger partial charge in [0.15, 0.2) is 5.52 Å². The van der Waals surface area contributed by atoms with Crippen molar-refractivity contribution in [3.8, 4) is 5.75 Å². The summed E-state index contributed by atoms with van der Waals surface area (Å²) in [5.41, 5.74) is 0.0458. The minimum atomic E-state index is -0.534. The first kappa shape index (κ1) is 10.6. The fourth-order valence-corrected chi connectivity index (χ4v) is 1.54. The summed E-state index contributed by atoms with van der Waals surface area (Å²) in [6.45, 7) is 0. The van der Waals surface area contributed by atoms with Crippen LogP contribution in [0.1, 0.15) is 0 Å². The molecule has 0 aliphatic rings. The van der Waals surface area contributed by atoms with E-state index in [-0.39, 0.29) is 16.4 Å². The van der Waals surface area contributed by atoms with Crippen LogP contribution >= 0.6 is 11.6 Å². The lowest BCUT2D eigenvalue weighted by Crippen LogP contribution is -1.95. The number of rotatable bonds is 2. The summed E-state index contributed by atoms with van der Waals surface area (Å²) in [5, 5.41) is 11.4. The SMILES string of the molecule is COc1cc([N+](=O)[O-])c2ncnc(Cl)c2c1. The van der Waals surface area contributed by atoms with E-state index in [9.17, 15) is 10.1 Å². The molecule has 0 radical (unpaired) electrons. The number of fused-ring (bicyclic) bond motifs is 1. The van der Waals surface area contributed by atoms with Crippen molar-refractivity contribution in [2.75, 3.05) is 7.11 Å². The van der Waals surface area contributed by atoms with Crippen LogP contribution in [0.4, 0.5) is 5.69 Å². The quantitative estimate of drug-likeness (QED) is 0.456. The van der Waals surface area contributed by atoms with Crippen LogP contribution in [-0.2, 0) is 0 Å². The lowest BCUT2D eigenvalue weighted by atomic mass is 10.2. The number of aromatic nitrogens is 2. The molecule has 7 heteroatoms. The Morgan fingerprint density at radius 1 is 1.44 bits per heavy atom. The second-order valence-corrected chi connectivity index (χ2v) is 3.32. The molecule has 1 aromatic carbocycles. The van der Waals surface area contributed by atoms with Gasteiger partial charge in [0.05, 0.1) is 18.1 Å². The van der Waals surface area contributed by atoms with Crippen LogP contribution in [0.25, 0.3) is 10.9 Å². The molecule has 0 saturated heterocycles. The summed E-state index contributed by atoms with van der Waals surface area (Å²) in [6.07, 6.45) is 1.18. The van der Waals surface area contributed by atoms with Gasteiger partial charge in [-0.25, -0.2) is 9.97 Å². The normalized spacial score (nSPS) is 10.4. The van der Waals surface area contributed by atoms with Crippen molar-refractivity contribution in [3.05, 3.63) is 33.7 Å². The largest absolute Gasteiger partial charge is 0.496 e. The fourth-order valence-electron chi connectivity index (χ4n) is 1.35. The van der Waals surface area contributed by atoms with Gasteiger partial charge in [-0.05, 0) is 6.07 Å². The molecule has 82 valence electrons. The first-order valence-electron chi connectivity index (χ1n) is 4.26. The zero-order valence-corrected chi connectivity index (χ0v) is 8.93. The predicted molar refractivity (Wildman–Crippen MR) is 57.8 cm³/mol. The van der Waals surface area contributed by atoms with Gasteiger partial charge in [0, 0.05) is 5.39 Å². The van der Waals surface area contributed by atoms with Crippen molar-refractivity contribution < 1.29 is 9.66 Å². The van der Waals surface area contributed by atoms with Gasteiger partial charge in [0.1, 0.15) is 17.2 Å². The minimum absolute atomic E-state index is 0.154. The van der Waals surface area contributed by atoms with E-state index in [2.05, 4.69) is 9.97 Å². The van der Waals surface area contributed by atoms with Crippen LogP contribution in [0.2, 0.25) is 5.15 Å². The number of nitro groups is 1. The lowest BCUT2D eigenvalue weighted by molar-refractivity contribution is -0.383. The highest BCUT2D eigenvalue weighted by Gasteiger charge is 2.17. The van der Waals surface area contributed by atoms with Crippen LogP contribution in [0.5, 0.6) is 5.75 Å². The van der Waals surface area contributed by atoms with Gasteiger partial charge in [0.2, 0.25) is 0 Å². The molecule has 0 bridgehead atoms. The number of non-ortho nitro benzene ring substituents is 1. The molecular weight excluding hydrogens is 234 g/mol. The highest BCUT2D eigenvalue weighted by Crippen LogP contribution is 2.32. The number of ether oxygens (including phenoxy) is 1. The van der Waals surface area contributed by atoms with Gasteiger partial charge in [-0.1, -0.05) is 11.6 Å². The van der Waals surface area contributed by atoms with Gasteiger partial charge >= 0.3 is 0 Å². The Morgan fingerprint density at radius 3 is 2.81 bits per heavy atom. The maximum Gasteiger partial charge on any atom is 0.299 e. The van der Waals surface area contributed by atoms with E-state index >= 15 is 0 Å². The number of nitro benzene ring substituents is 1. The average Bonchev–Trinajstić information content (AvgIpc) is 2.28. The molecule has 6 nitrogen and oxygen atoms in total. The van der Waals surface area contributed by atoms with E-state index in [1.165, 1.54) is 19.5 Å². The molecule has 0 aliphatic heterocycles. The first-order chi connectivity index (χ1) is 7.63. The molecule has 0 atom stereocenters. The highest BCUT2D eigenvalue weighted by molar-refractivity contribution is 6.34. The lowest BCUT2D eigenvalue weighted by Gasteiger charge is -2.03. The molecule has 2 aromatic rings. The average molecular weight is 240 g/mol. The van der Waals surface area contributed by atoms with E-state index in [1.54, 1.807) is 6.07 Å². The van der Waals surface area contributed by atoms with Gasteiger partial charge in [-0.3, -0.25) is 10.1 Å². The fraction of sp³-hybridized carbons (Fsp3) is 0.111. The molecule has 0 saturated carbocycles. The Morgan fingerprint density at radius 2 is 2.19 bits per heavy atom. The van der Waals surface area contributed by atoms with E-state index < -0.39 is 4.92 Å². The number of methoxy groups -OCH3 is 1. The van der Waals surface area contributed by atoms with E-state index in [0.717, 1.165) is 0 Å². The number of benzene rings is 1. The Labute approximate surface area is 95.0 Å². The number of halogens is 1. The highest BCUT2D eigenvalue weighted by atomic mass is 35.5. The molecule has 0 N–H and O–H groups in total. The molecule has 0 aliphatic carbocycles. The second kappa shape index (κ2) is 3.90. The van der Waals surface area contributed by atoms with Crippen LogP contribution in [-0.4, -0.2) is 22.0 Å². The van der Waals surface area contributed by atoms with E-state index in [1.807, 2.05) is 0 Å². The first-order valence-corrected chi connectivity index (χ1v) is 4.64. The Hall–Kier alpha value is -1.95. The van der Waals surface area contributed by atoms with E-state index in [4.69, 9.17) is 16.3 Å². The smallest absolute Gasteiger partial charge is 0.299 e. The predicted octanol–water partition coefficient (Wildman–Crippen LogP) is 2.20. The molecule has 0 fully saturated rings. The van der Waals surface area contributed by atoms with Crippen molar-refractivity contribution in [1.29, 1.82) is 0 Å². The Bertz CT molecular complexity index is 573. The summed E-state index contributed by atoms with van der Waals surface area (Å²) >= 11 is 5.83. The van der Waals surface area contributed by atoms with Crippen LogP contribution in [0, 0.1) is 10.1 Å². The minimum Gasteiger partial charge on any atom is -0.496 e. The van der Waals surface area contributed by atoms with Crippen molar-refractivity contribution >= 4 is 28.2 Å². The van der Waals surface area contributed by atoms with Crippen LogP contribution in [0.3, 0.4) is 0 Å². The molecule has 0 amide bonds. The number of nitrogens with zero attached hydrogens (tertiary/aromatic N) is 3. The summed E-state index contributed by atoms with van der Waals surface area (Å²) < 4.78 is 4.95. The van der Waals surface area contributed by atoms with Gasteiger partial charge in [0.25, 0.3) is 5.69 Å². The Balaban J connectivity index is 2.87. The number of hydrogen-bond acceptors (Lipinski definition) is 5. The molecule has 16 heavy (non-hydrogen) atoms. The van der Waals surface area contributed by atoms with Gasteiger partial charge in [-0.2, -0.15) is 0 Å². The monoisotopic (exact) mass is 239 g/mol. The molecular formula is C9H6ClN3O3. The zero-order valence-electron chi connectivity index (χ0n) is 8.18. The van der Waals surface area contributed by atoms with Gasteiger partial charge < -0.3 is 4.74 Å². The second-order valence-electron chi connectivity index (χ2n) is 2.96. The molecule has 2 rings (SSSR count). The zero-order chi connectivity index (χ0) is 11.7. The van der Waals surface area contributed by atoms with Crippen LogP contribution < -0.4 is 4.74 Å². The summed E-state index contributed by atoms with van der Waals surface area (Å²) in [4.78, 5) is 17.9. The Kier molecular flexibility index (Phi) is 2.57. The molecule has 1 heterocycles. The maximum absolute atomic E-state index is 10.8. The topological polar surface area (TPSA) is 78.2 Å². The molecule has 0 spiro atoms. The third-order valence-electron chi connectivity index (χ3n) is 2.08.